The third-order valence-electron chi connectivity index (χ3n) is 5.61. The zero-order valence-corrected chi connectivity index (χ0v) is 17.9. The fraction of sp³-hybridized carbons (Fsp3) is 0.591. The molecule has 1 aliphatic heterocycles. The lowest BCUT2D eigenvalue weighted by molar-refractivity contribution is -0.140. The van der Waals surface area contributed by atoms with Gasteiger partial charge in [-0.25, -0.2) is 4.98 Å². The summed E-state index contributed by atoms with van der Waals surface area (Å²) in [4.78, 5) is 35.3. The number of hydrogen-bond donors (Lipinski definition) is 3. The van der Waals surface area contributed by atoms with Gasteiger partial charge < -0.3 is 20.5 Å². The van der Waals surface area contributed by atoms with Crippen molar-refractivity contribution in [2.24, 2.45) is 5.41 Å². The third kappa shape index (κ3) is 4.96. The van der Waals surface area contributed by atoms with Crippen LogP contribution in [0.15, 0.2) is 24.5 Å². The van der Waals surface area contributed by atoms with Gasteiger partial charge in [-0.2, -0.15) is 0 Å². The number of carbonyl (C=O) groups excluding carboxylic acids is 2. The number of likely N-dealkylation sites (tertiary alicyclic amines) is 1. The maximum Gasteiger partial charge on any atom is 0.245 e. The Morgan fingerprint density at radius 2 is 2.17 bits per heavy atom. The number of rotatable bonds is 7. The number of pyridine rings is 1. The number of aromatic nitrogens is 2. The summed E-state index contributed by atoms with van der Waals surface area (Å²) in [5.41, 5.74) is 1.69. The first kappa shape index (κ1) is 21.3. The summed E-state index contributed by atoms with van der Waals surface area (Å²) in [5.74, 6) is -0.124. The highest BCUT2D eigenvalue weighted by molar-refractivity contribution is 5.89. The number of hydrogen-bond acceptors (Lipinski definition) is 4. The molecular formula is C22H33N5O2. The van der Waals surface area contributed by atoms with Crippen molar-refractivity contribution in [3.8, 4) is 0 Å². The Morgan fingerprint density at radius 3 is 2.90 bits per heavy atom. The van der Waals surface area contributed by atoms with Crippen molar-refractivity contribution in [2.75, 3.05) is 19.6 Å². The first-order chi connectivity index (χ1) is 13.8. The molecule has 3 heterocycles. The van der Waals surface area contributed by atoms with Crippen LogP contribution in [0.4, 0.5) is 0 Å². The van der Waals surface area contributed by atoms with Crippen molar-refractivity contribution in [3.05, 3.63) is 30.1 Å². The van der Waals surface area contributed by atoms with Crippen LogP contribution in [0.5, 0.6) is 0 Å². The van der Waals surface area contributed by atoms with Gasteiger partial charge in [-0.05, 0) is 48.9 Å². The summed E-state index contributed by atoms with van der Waals surface area (Å²) in [6.07, 6.45) is 6.52. The predicted molar refractivity (Wildman–Crippen MR) is 114 cm³/mol. The number of H-pyrrole nitrogens is 1. The molecule has 2 atom stereocenters. The van der Waals surface area contributed by atoms with Gasteiger partial charge in [0.2, 0.25) is 11.8 Å². The lowest BCUT2D eigenvalue weighted by Gasteiger charge is -2.36. The Hall–Kier alpha value is -2.41. The van der Waals surface area contributed by atoms with Gasteiger partial charge in [0.25, 0.3) is 0 Å². The monoisotopic (exact) mass is 399 g/mol. The molecule has 2 amide bonds. The van der Waals surface area contributed by atoms with E-state index in [0.29, 0.717) is 0 Å². The van der Waals surface area contributed by atoms with Crippen LogP contribution in [0.25, 0.3) is 11.0 Å². The Kier molecular flexibility index (Phi) is 6.57. The van der Waals surface area contributed by atoms with E-state index in [4.69, 9.17) is 0 Å². The van der Waals surface area contributed by atoms with Gasteiger partial charge in [-0.15, -0.1) is 0 Å². The van der Waals surface area contributed by atoms with E-state index < -0.39 is 6.04 Å². The van der Waals surface area contributed by atoms with Gasteiger partial charge >= 0.3 is 0 Å². The lowest BCUT2D eigenvalue weighted by Crippen LogP contribution is -2.57. The number of nitrogens with one attached hydrogen (secondary N) is 3. The van der Waals surface area contributed by atoms with Crippen LogP contribution in [0.3, 0.4) is 0 Å². The van der Waals surface area contributed by atoms with Crippen LogP contribution >= 0.6 is 0 Å². The molecule has 0 unspecified atom stereocenters. The number of aromatic amines is 1. The molecule has 0 spiro atoms. The second-order valence-corrected chi connectivity index (χ2v) is 8.89. The molecular weight excluding hydrogens is 366 g/mol. The summed E-state index contributed by atoms with van der Waals surface area (Å²) in [7, 11) is 0. The molecule has 3 rings (SSSR count). The highest BCUT2D eigenvalue weighted by Crippen LogP contribution is 2.28. The van der Waals surface area contributed by atoms with Crippen LogP contribution in [0, 0.1) is 5.41 Å². The molecule has 0 aromatic carbocycles. The quantitative estimate of drug-likeness (QED) is 0.666. The van der Waals surface area contributed by atoms with E-state index in [1.165, 1.54) is 5.56 Å². The number of nitrogens with zero attached hydrogens (tertiary/aromatic N) is 2. The average Bonchev–Trinajstić information content (AvgIpc) is 3.31. The minimum Gasteiger partial charge on any atom is -0.346 e. The number of likely N-dealkylation sites (N-methyl/N-ethyl adjacent to an activating group) is 1. The molecule has 29 heavy (non-hydrogen) atoms. The summed E-state index contributed by atoms with van der Waals surface area (Å²) < 4.78 is 0. The van der Waals surface area contributed by atoms with Crippen molar-refractivity contribution in [2.45, 2.75) is 59.0 Å². The van der Waals surface area contributed by atoms with E-state index in [2.05, 4.69) is 26.7 Å². The molecule has 0 radical (unpaired) electrons. The second kappa shape index (κ2) is 8.95. The van der Waals surface area contributed by atoms with E-state index in [1.807, 2.05) is 44.9 Å². The maximum atomic E-state index is 13.5. The largest absolute Gasteiger partial charge is 0.346 e. The number of fused-ring (bicyclic) bond motifs is 1. The van der Waals surface area contributed by atoms with Crippen LogP contribution in [0.1, 0.15) is 46.1 Å². The third-order valence-corrected chi connectivity index (χ3v) is 5.61. The van der Waals surface area contributed by atoms with Crippen molar-refractivity contribution in [1.29, 1.82) is 0 Å². The second-order valence-electron chi connectivity index (χ2n) is 8.89. The Morgan fingerprint density at radius 1 is 1.38 bits per heavy atom. The maximum absolute atomic E-state index is 13.5. The van der Waals surface area contributed by atoms with Gasteiger partial charge in [0.15, 0.2) is 0 Å². The molecule has 3 N–H and O–H groups in total. The van der Waals surface area contributed by atoms with Crippen molar-refractivity contribution in [1.82, 2.24) is 25.5 Å². The van der Waals surface area contributed by atoms with Crippen LogP contribution in [-0.2, 0) is 16.0 Å². The number of amides is 2. The van der Waals surface area contributed by atoms with Gasteiger partial charge in [-0.1, -0.05) is 27.7 Å². The Bertz CT molecular complexity index is 854. The minimum atomic E-state index is -0.543. The van der Waals surface area contributed by atoms with Crippen molar-refractivity contribution >= 4 is 22.8 Å². The molecule has 0 aliphatic carbocycles. The van der Waals surface area contributed by atoms with Gasteiger partial charge in [0.1, 0.15) is 11.7 Å². The molecule has 1 aliphatic rings. The molecule has 1 fully saturated rings. The topological polar surface area (TPSA) is 90.1 Å². The smallest absolute Gasteiger partial charge is 0.245 e. The molecule has 0 saturated carbocycles. The normalized spacial score (nSPS) is 18.2. The molecule has 1 saturated heterocycles. The summed E-state index contributed by atoms with van der Waals surface area (Å²) >= 11 is 0. The summed E-state index contributed by atoms with van der Waals surface area (Å²) in [6.45, 7) is 9.63. The molecule has 2 aromatic heterocycles. The summed E-state index contributed by atoms with van der Waals surface area (Å²) in [5, 5.41) is 7.10. The number of carbonyl (C=O) groups is 2. The van der Waals surface area contributed by atoms with Gasteiger partial charge in [0, 0.05) is 30.4 Å². The van der Waals surface area contributed by atoms with E-state index >= 15 is 0 Å². The molecule has 2 aromatic rings. The SMILES string of the molecule is CCNCC(=O)N[C@H](C(=O)N1CCC[C@@H]1Cc1c[nH]c2ncccc12)C(C)(C)C. The minimum absolute atomic E-state index is 0.0165. The average molecular weight is 400 g/mol. The zero-order valence-electron chi connectivity index (χ0n) is 17.9. The first-order valence-corrected chi connectivity index (χ1v) is 10.5. The molecule has 158 valence electrons. The van der Waals surface area contributed by atoms with E-state index in [-0.39, 0.29) is 29.8 Å². The first-order valence-electron chi connectivity index (χ1n) is 10.5. The van der Waals surface area contributed by atoms with Crippen LogP contribution in [-0.4, -0.2) is 58.4 Å². The zero-order chi connectivity index (χ0) is 21.0. The Balaban J connectivity index is 1.75. The fourth-order valence-corrected chi connectivity index (χ4v) is 4.04. The van der Waals surface area contributed by atoms with Crippen molar-refractivity contribution in [3.63, 3.8) is 0 Å². The highest BCUT2D eigenvalue weighted by atomic mass is 16.2. The fourth-order valence-electron chi connectivity index (χ4n) is 4.04. The Labute approximate surface area is 172 Å². The predicted octanol–water partition coefficient (Wildman–Crippen LogP) is 2.24. The van der Waals surface area contributed by atoms with Gasteiger partial charge in [0.05, 0.1) is 6.54 Å². The summed E-state index contributed by atoms with van der Waals surface area (Å²) in [6, 6.07) is 3.59. The van der Waals surface area contributed by atoms with E-state index in [1.54, 1.807) is 6.20 Å². The van der Waals surface area contributed by atoms with Crippen LogP contribution in [0.2, 0.25) is 0 Å². The lowest BCUT2D eigenvalue weighted by atomic mass is 9.85. The highest BCUT2D eigenvalue weighted by Gasteiger charge is 2.39. The van der Waals surface area contributed by atoms with E-state index in [0.717, 1.165) is 43.4 Å². The van der Waals surface area contributed by atoms with Crippen LogP contribution < -0.4 is 10.6 Å². The molecule has 7 heteroatoms. The molecule has 0 bridgehead atoms. The molecule has 7 nitrogen and oxygen atoms in total. The van der Waals surface area contributed by atoms with Gasteiger partial charge in [-0.3, -0.25) is 9.59 Å². The van der Waals surface area contributed by atoms with Crippen molar-refractivity contribution < 1.29 is 9.59 Å². The standard InChI is InChI=1S/C22H33N5O2/c1-5-23-14-18(28)26-19(22(2,3)4)21(29)27-11-7-8-16(27)12-15-13-25-20-17(15)9-6-10-24-20/h6,9-10,13,16,19,23H,5,7-8,11-12,14H2,1-4H3,(H,24,25)(H,26,28)/t16-,19-/m1/s1. The van der Waals surface area contributed by atoms with E-state index in [9.17, 15) is 9.59 Å².